The van der Waals surface area contributed by atoms with E-state index in [-0.39, 0.29) is 18.3 Å². The highest BCUT2D eigenvalue weighted by Gasteiger charge is 2.04. The molecular weight excluding hydrogens is 292 g/mol. The maximum Gasteiger partial charge on any atom is 0.251 e. The Balaban J connectivity index is 0.00000400. The van der Waals surface area contributed by atoms with E-state index in [1.54, 1.807) is 19.2 Å². The van der Waals surface area contributed by atoms with Gasteiger partial charge >= 0.3 is 0 Å². The number of halogens is 1. The number of carbonyl (C=O) groups excluding carboxylic acids is 1. The molecule has 1 aromatic carbocycles. The maximum absolute atomic E-state index is 11.8. The van der Waals surface area contributed by atoms with E-state index in [1.165, 1.54) is 0 Å². The standard InChI is InChI=1S/C15H24N2O3.ClH/c1-3-16-9-10-17-15(18)13-5-7-14(8-6-13)20-12-4-11-19-2;/h5-8,16H,3-4,9-12H2,1-2H3,(H,17,18);1H. The molecule has 2 N–H and O–H groups in total. The molecule has 6 heteroatoms. The number of rotatable bonds is 10. The lowest BCUT2D eigenvalue weighted by atomic mass is 10.2. The second kappa shape index (κ2) is 12.4. The van der Waals surface area contributed by atoms with Crippen LogP contribution in [0.5, 0.6) is 5.75 Å². The molecule has 0 saturated heterocycles. The zero-order chi connectivity index (χ0) is 14.6. The van der Waals surface area contributed by atoms with Gasteiger partial charge in [-0.05, 0) is 30.8 Å². The molecule has 0 unspecified atom stereocenters. The van der Waals surface area contributed by atoms with Gasteiger partial charge in [0.1, 0.15) is 5.75 Å². The molecule has 5 nitrogen and oxygen atoms in total. The van der Waals surface area contributed by atoms with Crippen molar-refractivity contribution in [3.05, 3.63) is 29.8 Å². The van der Waals surface area contributed by atoms with Crippen LogP contribution in [-0.2, 0) is 4.74 Å². The molecular formula is C15H25ClN2O3. The van der Waals surface area contributed by atoms with Crippen molar-refractivity contribution in [3.63, 3.8) is 0 Å². The van der Waals surface area contributed by atoms with E-state index in [0.717, 1.165) is 25.3 Å². The van der Waals surface area contributed by atoms with Crippen molar-refractivity contribution in [1.82, 2.24) is 10.6 Å². The Labute approximate surface area is 132 Å². The van der Waals surface area contributed by atoms with Crippen molar-refractivity contribution >= 4 is 18.3 Å². The van der Waals surface area contributed by atoms with Crippen LogP contribution in [0.4, 0.5) is 0 Å². The summed E-state index contributed by atoms with van der Waals surface area (Å²) in [6, 6.07) is 7.17. The number of likely N-dealkylation sites (N-methyl/N-ethyl adjacent to an activating group) is 1. The molecule has 0 aromatic heterocycles. The molecule has 1 rings (SSSR count). The molecule has 0 atom stereocenters. The Morgan fingerprint density at radius 1 is 1.14 bits per heavy atom. The minimum absolute atomic E-state index is 0. The van der Waals surface area contributed by atoms with Gasteiger partial charge in [-0.15, -0.1) is 12.4 Å². The molecule has 0 aliphatic rings. The van der Waals surface area contributed by atoms with Gasteiger partial charge in [-0.3, -0.25) is 4.79 Å². The Morgan fingerprint density at radius 2 is 1.86 bits per heavy atom. The lowest BCUT2D eigenvalue weighted by Crippen LogP contribution is -2.31. The molecule has 120 valence electrons. The zero-order valence-electron chi connectivity index (χ0n) is 12.7. The molecule has 21 heavy (non-hydrogen) atoms. The summed E-state index contributed by atoms with van der Waals surface area (Å²) >= 11 is 0. The predicted molar refractivity (Wildman–Crippen MR) is 86.6 cm³/mol. The van der Waals surface area contributed by atoms with Gasteiger partial charge in [0.15, 0.2) is 0 Å². The quantitative estimate of drug-likeness (QED) is 0.647. The van der Waals surface area contributed by atoms with Gasteiger partial charge in [-0.2, -0.15) is 0 Å². The molecule has 1 aromatic rings. The van der Waals surface area contributed by atoms with Crippen LogP contribution >= 0.6 is 12.4 Å². The number of hydrogen-bond acceptors (Lipinski definition) is 4. The first-order valence-corrected chi connectivity index (χ1v) is 6.98. The van der Waals surface area contributed by atoms with E-state index in [0.29, 0.717) is 25.3 Å². The fourth-order valence-corrected chi connectivity index (χ4v) is 1.64. The van der Waals surface area contributed by atoms with Gasteiger partial charge in [-0.25, -0.2) is 0 Å². The third-order valence-corrected chi connectivity index (χ3v) is 2.72. The van der Waals surface area contributed by atoms with Gasteiger partial charge in [0.2, 0.25) is 0 Å². The lowest BCUT2D eigenvalue weighted by molar-refractivity contribution is 0.0954. The van der Waals surface area contributed by atoms with Crippen molar-refractivity contribution in [1.29, 1.82) is 0 Å². The third-order valence-electron chi connectivity index (χ3n) is 2.72. The van der Waals surface area contributed by atoms with E-state index >= 15 is 0 Å². The van der Waals surface area contributed by atoms with Crippen LogP contribution in [-0.4, -0.2) is 45.9 Å². The summed E-state index contributed by atoms with van der Waals surface area (Å²) in [4.78, 5) is 11.8. The fraction of sp³-hybridized carbons (Fsp3) is 0.533. The zero-order valence-corrected chi connectivity index (χ0v) is 13.5. The van der Waals surface area contributed by atoms with E-state index in [4.69, 9.17) is 9.47 Å². The van der Waals surface area contributed by atoms with Crippen LogP contribution in [0.3, 0.4) is 0 Å². The number of hydrogen-bond donors (Lipinski definition) is 2. The molecule has 1 amide bonds. The topological polar surface area (TPSA) is 59.6 Å². The number of nitrogens with one attached hydrogen (secondary N) is 2. The monoisotopic (exact) mass is 316 g/mol. The second-order valence-corrected chi connectivity index (χ2v) is 4.33. The minimum atomic E-state index is -0.0613. The Bertz CT molecular complexity index is 385. The van der Waals surface area contributed by atoms with E-state index in [9.17, 15) is 4.79 Å². The lowest BCUT2D eigenvalue weighted by Gasteiger charge is -2.08. The first kappa shape index (κ1) is 19.7. The average Bonchev–Trinajstić information content (AvgIpc) is 2.48. The largest absolute Gasteiger partial charge is 0.494 e. The summed E-state index contributed by atoms with van der Waals surface area (Å²) in [5.41, 5.74) is 0.644. The average molecular weight is 317 g/mol. The fourth-order valence-electron chi connectivity index (χ4n) is 1.64. The van der Waals surface area contributed by atoms with E-state index in [1.807, 2.05) is 19.1 Å². The number of benzene rings is 1. The van der Waals surface area contributed by atoms with Gasteiger partial charge in [0.05, 0.1) is 6.61 Å². The van der Waals surface area contributed by atoms with Crippen LogP contribution in [0, 0.1) is 0 Å². The van der Waals surface area contributed by atoms with Gasteiger partial charge in [-0.1, -0.05) is 6.92 Å². The highest BCUT2D eigenvalue weighted by molar-refractivity contribution is 5.94. The SMILES string of the molecule is CCNCCNC(=O)c1ccc(OCCCOC)cc1.Cl. The van der Waals surface area contributed by atoms with Crippen molar-refractivity contribution in [3.8, 4) is 5.75 Å². The first-order valence-electron chi connectivity index (χ1n) is 6.98. The molecule has 0 bridgehead atoms. The minimum Gasteiger partial charge on any atom is -0.494 e. The molecule has 0 heterocycles. The van der Waals surface area contributed by atoms with Crippen LogP contribution in [0.1, 0.15) is 23.7 Å². The van der Waals surface area contributed by atoms with E-state index < -0.39 is 0 Å². The molecule has 0 fully saturated rings. The van der Waals surface area contributed by atoms with Crippen molar-refractivity contribution in [2.45, 2.75) is 13.3 Å². The summed E-state index contributed by atoms with van der Waals surface area (Å²) < 4.78 is 10.5. The van der Waals surface area contributed by atoms with Gasteiger partial charge < -0.3 is 20.1 Å². The molecule has 0 aliphatic heterocycles. The van der Waals surface area contributed by atoms with Crippen LogP contribution < -0.4 is 15.4 Å². The summed E-state index contributed by atoms with van der Waals surface area (Å²) in [6.45, 7) is 5.65. The van der Waals surface area contributed by atoms with Crippen molar-refractivity contribution < 1.29 is 14.3 Å². The summed E-state index contributed by atoms with van der Waals surface area (Å²) in [7, 11) is 1.67. The Hall–Kier alpha value is -1.30. The summed E-state index contributed by atoms with van der Waals surface area (Å²) in [5.74, 6) is 0.708. The highest BCUT2D eigenvalue weighted by Crippen LogP contribution is 2.12. The van der Waals surface area contributed by atoms with Gasteiger partial charge in [0.25, 0.3) is 5.91 Å². The third kappa shape index (κ3) is 8.55. The van der Waals surface area contributed by atoms with Crippen LogP contribution in [0.2, 0.25) is 0 Å². The normalized spacial score (nSPS) is 9.81. The van der Waals surface area contributed by atoms with Crippen LogP contribution in [0.25, 0.3) is 0 Å². The first-order chi connectivity index (χ1) is 9.77. The molecule has 0 radical (unpaired) electrons. The molecule has 0 saturated carbocycles. The van der Waals surface area contributed by atoms with Gasteiger partial charge in [0, 0.05) is 38.8 Å². The molecule has 0 spiro atoms. The van der Waals surface area contributed by atoms with Crippen molar-refractivity contribution in [2.75, 3.05) is 40.0 Å². The van der Waals surface area contributed by atoms with Crippen LogP contribution in [0.15, 0.2) is 24.3 Å². The Morgan fingerprint density at radius 3 is 2.48 bits per heavy atom. The number of methoxy groups -OCH3 is 1. The smallest absolute Gasteiger partial charge is 0.251 e. The molecule has 0 aliphatic carbocycles. The van der Waals surface area contributed by atoms with Crippen molar-refractivity contribution in [2.24, 2.45) is 0 Å². The highest BCUT2D eigenvalue weighted by atomic mass is 35.5. The second-order valence-electron chi connectivity index (χ2n) is 4.33. The predicted octanol–water partition coefficient (Wildman–Crippen LogP) is 1.86. The summed E-state index contributed by atoms with van der Waals surface area (Å²) in [6.07, 6.45) is 0.850. The number of amides is 1. The van der Waals surface area contributed by atoms with E-state index in [2.05, 4.69) is 10.6 Å². The Kier molecular flexibility index (Phi) is 11.7. The number of carbonyl (C=O) groups is 1. The maximum atomic E-state index is 11.8. The number of ether oxygens (including phenoxy) is 2. The summed E-state index contributed by atoms with van der Waals surface area (Å²) in [5, 5.41) is 6.01.